The Morgan fingerprint density at radius 3 is 1.90 bits per heavy atom. The third kappa shape index (κ3) is 3.65. The van der Waals surface area contributed by atoms with Gasteiger partial charge in [-0.25, -0.2) is 0 Å². The number of aromatic hydroxyl groups is 2. The first-order valence-corrected chi connectivity index (χ1v) is 10.8. The predicted molar refractivity (Wildman–Crippen MR) is 114 cm³/mol. The zero-order valence-electron chi connectivity index (χ0n) is 14.3. The van der Waals surface area contributed by atoms with Crippen LogP contribution in [0, 0.1) is 0 Å². The van der Waals surface area contributed by atoms with Gasteiger partial charge in [0.05, 0.1) is 5.02 Å². The molecule has 0 fully saturated rings. The third-order valence-electron chi connectivity index (χ3n) is 4.39. The Bertz CT molecular complexity index is 1210. The number of phenols is 2. The van der Waals surface area contributed by atoms with Gasteiger partial charge in [0.15, 0.2) is 4.75 Å². The molecule has 1 unspecified atom stereocenters. The van der Waals surface area contributed by atoms with Crippen molar-refractivity contribution < 1.29 is 23.2 Å². The summed E-state index contributed by atoms with van der Waals surface area (Å²) in [6, 6.07) is 11.5. The first kappa shape index (κ1) is 22.0. The summed E-state index contributed by atoms with van der Waals surface area (Å²) in [4.78, 5) is 0. The normalized spacial score (nSPS) is 13.8. The van der Waals surface area contributed by atoms with Crippen LogP contribution >= 0.6 is 46.4 Å². The van der Waals surface area contributed by atoms with E-state index < -0.39 is 20.6 Å². The molecular formula is C19H12Cl4O5S. The smallest absolute Gasteiger partial charge is 0.283 e. The van der Waals surface area contributed by atoms with Gasteiger partial charge in [-0.05, 0) is 36.4 Å². The maximum atomic E-state index is 13.0. The van der Waals surface area contributed by atoms with E-state index in [1.165, 1.54) is 30.3 Å². The summed E-state index contributed by atoms with van der Waals surface area (Å²) in [5.74, 6) is -0.804. The van der Waals surface area contributed by atoms with E-state index in [1.807, 2.05) is 0 Å². The number of rotatable bonds is 4. The fourth-order valence-corrected chi connectivity index (χ4v) is 5.77. The first-order valence-electron chi connectivity index (χ1n) is 7.89. The molecule has 3 aromatic carbocycles. The summed E-state index contributed by atoms with van der Waals surface area (Å²) in [5.41, 5.74) is -0.581. The molecule has 0 saturated heterocycles. The number of benzene rings is 3. The number of halogens is 4. The molecule has 0 heterocycles. The van der Waals surface area contributed by atoms with Crippen LogP contribution in [0.2, 0.25) is 20.1 Å². The molecule has 3 rings (SSSR count). The van der Waals surface area contributed by atoms with Gasteiger partial charge in [-0.1, -0.05) is 64.6 Å². The first-order chi connectivity index (χ1) is 13.5. The molecule has 0 aromatic heterocycles. The standard InChI is InChI=1S/C19H12Cl4O5S/c20-14-4-2-1-3-11(14)19(29(26,27)28,12-7-10(24)5-6-15(12)21)13-8-18(25)17(23)9-16(13)22/h1-9,24-25H,(H,26,27,28). The lowest BCUT2D eigenvalue weighted by molar-refractivity contribution is 0.455. The molecule has 3 N–H and O–H groups in total. The molecule has 10 heteroatoms. The molecule has 1 atom stereocenters. The maximum Gasteiger partial charge on any atom is 0.283 e. The Labute approximate surface area is 186 Å². The maximum absolute atomic E-state index is 13.0. The monoisotopic (exact) mass is 492 g/mol. The quantitative estimate of drug-likeness (QED) is 0.311. The van der Waals surface area contributed by atoms with E-state index in [-0.39, 0.29) is 42.5 Å². The minimum atomic E-state index is -5.12. The number of hydrogen-bond acceptors (Lipinski definition) is 4. The Morgan fingerprint density at radius 1 is 0.690 bits per heavy atom. The number of hydrogen-bond donors (Lipinski definition) is 3. The second kappa shape index (κ2) is 7.87. The SMILES string of the molecule is O=S(=O)(O)C(c1ccccc1Cl)(c1cc(O)ccc1Cl)c1cc(O)c(Cl)cc1Cl. The highest BCUT2D eigenvalue weighted by atomic mass is 35.5. The fourth-order valence-electron chi connectivity index (χ4n) is 3.19. The average molecular weight is 494 g/mol. The van der Waals surface area contributed by atoms with Crippen LogP contribution in [0.1, 0.15) is 16.7 Å². The van der Waals surface area contributed by atoms with E-state index >= 15 is 0 Å². The summed E-state index contributed by atoms with van der Waals surface area (Å²) in [7, 11) is -5.12. The van der Waals surface area contributed by atoms with Crippen molar-refractivity contribution >= 4 is 56.5 Å². The Hall–Kier alpha value is -1.67. The van der Waals surface area contributed by atoms with E-state index in [0.717, 1.165) is 18.2 Å². The lowest BCUT2D eigenvalue weighted by Crippen LogP contribution is -2.39. The van der Waals surface area contributed by atoms with Crippen LogP contribution in [0.15, 0.2) is 54.6 Å². The van der Waals surface area contributed by atoms with Crippen LogP contribution in [-0.4, -0.2) is 23.2 Å². The highest BCUT2D eigenvalue weighted by molar-refractivity contribution is 7.87. The molecule has 0 aliphatic heterocycles. The van der Waals surface area contributed by atoms with Gasteiger partial charge in [-0.3, -0.25) is 4.55 Å². The Morgan fingerprint density at radius 2 is 1.28 bits per heavy atom. The van der Waals surface area contributed by atoms with E-state index in [9.17, 15) is 23.2 Å². The van der Waals surface area contributed by atoms with Crippen molar-refractivity contribution in [1.82, 2.24) is 0 Å². The van der Waals surface area contributed by atoms with E-state index in [0.29, 0.717) is 0 Å². The van der Waals surface area contributed by atoms with Gasteiger partial charge in [0.1, 0.15) is 11.5 Å². The zero-order chi connectivity index (χ0) is 21.6. The van der Waals surface area contributed by atoms with Gasteiger partial charge in [0.25, 0.3) is 10.1 Å². The molecule has 0 spiro atoms. The summed E-state index contributed by atoms with van der Waals surface area (Å²) in [6.07, 6.45) is 0. The minimum absolute atomic E-state index is 0.0324. The zero-order valence-corrected chi connectivity index (χ0v) is 18.1. The molecule has 3 aromatic rings. The Kier molecular flexibility index (Phi) is 5.98. The lowest BCUT2D eigenvalue weighted by Gasteiger charge is -2.34. The van der Waals surface area contributed by atoms with Crippen LogP contribution in [-0.2, 0) is 14.9 Å². The summed E-state index contributed by atoms with van der Waals surface area (Å²) < 4.78 is 34.0. The molecule has 0 aliphatic carbocycles. The van der Waals surface area contributed by atoms with E-state index in [1.54, 1.807) is 6.07 Å². The van der Waals surface area contributed by atoms with Gasteiger partial charge >= 0.3 is 0 Å². The van der Waals surface area contributed by atoms with E-state index in [4.69, 9.17) is 46.4 Å². The van der Waals surface area contributed by atoms with Crippen molar-refractivity contribution in [3.63, 3.8) is 0 Å². The molecular weight excluding hydrogens is 482 g/mol. The van der Waals surface area contributed by atoms with Crippen LogP contribution in [0.4, 0.5) is 0 Å². The van der Waals surface area contributed by atoms with Crippen LogP contribution in [0.3, 0.4) is 0 Å². The van der Waals surface area contributed by atoms with Crippen molar-refractivity contribution in [2.75, 3.05) is 0 Å². The van der Waals surface area contributed by atoms with E-state index in [2.05, 4.69) is 0 Å². The minimum Gasteiger partial charge on any atom is -0.508 e. The molecule has 0 bridgehead atoms. The highest BCUT2D eigenvalue weighted by Crippen LogP contribution is 2.52. The van der Waals surface area contributed by atoms with Gasteiger partial charge in [0.2, 0.25) is 0 Å². The van der Waals surface area contributed by atoms with Crippen molar-refractivity contribution in [3.05, 3.63) is 91.4 Å². The topological polar surface area (TPSA) is 94.8 Å². The van der Waals surface area contributed by atoms with Crippen LogP contribution < -0.4 is 0 Å². The molecule has 0 saturated carbocycles. The molecule has 0 aliphatic rings. The van der Waals surface area contributed by atoms with Crippen molar-refractivity contribution in [1.29, 1.82) is 0 Å². The molecule has 152 valence electrons. The lowest BCUT2D eigenvalue weighted by atomic mass is 9.83. The summed E-state index contributed by atoms with van der Waals surface area (Å²) >= 11 is 24.8. The summed E-state index contributed by atoms with van der Waals surface area (Å²) in [5, 5.41) is 19.7. The van der Waals surface area contributed by atoms with Crippen molar-refractivity contribution in [3.8, 4) is 11.5 Å². The number of phenolic OH excluding ortho intramolecular Hbond substituents is 2. The van der Waals surface area contributed by atoms with Gasteiger partial charge < -0.3 is 10.2 Å². The van der Waals surface area contributed by atoms with Crippen molar-refractivity contribution in [2.45, 2.75) is 4.75 Å². The Balaban J connectivity index is 2.66. The van der Waals surface area contributed by atoms with Crippen LogP contribution in [0.25, 0.3) is 0 Å². The van der Waals surface area contributed by atoms with Gasteiger partial charge in [0, 0.05) is 31.8 Å². The summed E-state index contributed by atoms with van der Waals surface area (Å²) in [6.45, 7) is 0. The molecule has 0 radical (unpaired) electrons. The van der Waals surface area contributed by atoms with Gasteiger partial charge in [-0.15, -0.1) is 0 Å². The largest absolute Gasteiger partial charge is 0.508 e. The fraction of sp³-hybridized carbons (Fsp3) is 0.0526. The van der Waals surface area contributed by atoms with Crippen LogP contribution in [0.5, 0.6) is 11.5 Å². The molecule has 0 amide bonds. The van der Waals surface area contributed by atoms with Crippen molar-refractivity contribution in [2.24, 2.45) is 0 Å². The predicted octanol–water partition coefficient (Wildman–Crippen LogP) is 5.89. The molecule has 29 heavy (non-hydrogen) atoms. The molecule has 5 nitrogen and oxygen atoms in total. The second-order valence-corrected chi connectivity index (χ2v) is 9.28. The average Bonchev–Trinajstić information content (AvgIpc) is 2.63. The third-order valence-corrected chi connectivity index (χ3v) is 7.09. The highest BCUT2D eigenvalue weighted by Gasteiger charge is 2.52. The van der Waals surface area contributed by atoms with Gasteiger partial charge in [-0.2, -0.15) is 8.42 Å². The second-order valence-electron chi connectivity index (χ2n) is 6.08.